The number of aliphatic hydroxyl groups excluding tert-OH is 1. The van der Waals surface area contributed by atoms with Gasteiger partial charge in [-0.25, -0.2) is 0 Å². The van der Waals surface area contributed by atoms with Gasteiger partial charge in [0, 0.05) is 12.6 Å². The normalized spacial score (nSPS) is 22.6. The predicted octanol–water partition coefficient (Wildman–Crippen LogP) is 2.60. The summed E-state index contributed by atoms with van der Waals surface area (Å²) in [5.74, 6) is 0.710. The van der Waals surface area contributed by atoms with E-state index in [9.17, 15) is 5.11 Å². The highest BCUT2D eigenvalue weighted by Crippen LogP contribution is 2.28. The van der Waals surface area contributed by atoms with E-state index in [1.54, 1.807) is 0 Å². The lowest BCUT2D eigenvalue weighted by molar-refractivity contribution is 0.126. The van der Waals surface area contributed by atoms with Crippen molar-refractivity contribution >= 4 is 0 Å². The molecule has 0 bridgehead atoms. The molecule has 2 atom stereocenters. The van der Waals surface area contributed by atoms with Crippen molar-refractivity contribution in [3.8, 4) is 0 Å². The fourth-order valence-corrected chi connectivity index (χ4v) is 3.64. The van der Waals surface area contributed by atoms with E-state index in [1.807, 2.05) is 25.2 Å². The lowest BCUT2D eigenvalue weighted by Gasteiger charge is -2.36. The van der Waals surface area contributed by atoms with Crippen LogP contribution >= 0.6 is 0 Å². The predicted molar refractivity (Wildman–Crippen MR) is 88.3 cm³/mol. The van der Waals surface area contributed by atoms with Crippen LogP contribution in [0, 0.1) is 5.92 Å². The topological polar surface area (TPSA) is 35.5 Å². The Labute approximate surface area is 129 Å². The van der Waals surface area contributed by atoms with E-state index in [0.29, 0.717) is 12.0 Å². The fraction of sp³-hybridized carbons (Fsp3) is 0.667. The van der Waals surface area contributed by atoms with Gasteiger partial charge in [-0.3, -0.25) is 0 Å². The van der Waals surface area contributed by atoms with Crippen LogP contribution in [0.15, 0.2) is 30.3 Å². The monoisotopic (exact) mass is 290 g/mol. The second kappa shape index (κ2) is 7.39. The molecule has 2 rings (SSSR count). The molecule has 3 heteroatoms. The van der Waals surface area contributed by atoms with Crippen LogP contribution in [0.5, 0.6) is 0 Å². The molecule has 0 radical (unpaired) electrons. The molecule has 0 amide bonds. The first-order valence-electron chi connectivity index (χ1n) is 8.22. The molecule has 21 heavy (non-hydrogen) atoms. The van der Waals surface area contributed by atoms with Gasteiger partial charge in [0.2, 0.25) is 0 Å². The smallest absolute Gasteiger partial charge is 0.0678 e. The van der Waals surface area contributed by atoms with Crippen LogP contribution < -0.4 is 5.32 Å². The first kappa shape index (κ1) is 16.5. The zero-order valence-corrected chi connectivity index (χ0v) is 13.7. The fourth-order valence-electron chi connectivity index (χ4n) is 3.64. The van der Waals surface area contributed by atoms with Gasteiger partial charge >= 0.3 is 0 Å². The van der Waals surface area contributed by atoms with Gasteiger partial charge in [0.15, 0.2) is 0 Å². The summed E-state index contributed by atoms with van der Waals surface area (Å²) in [7, 11) is 1.95. The van der Waals surface area contributed by atoms with Crippen molar-refractivity contribution in [1.29, 1.82) is 0 Å². The van der Waals surface area contributed by atoms with Crippen molar-refractivity contribution in [2.75, 3.05) is 26.7 Å². The molecule has 2 unspecified atom stereocenters. The molecule has 1 aromatic rings. The Hall–Kier alpha value is -0.900. The second-order valence-corrected chi connectivity index (χ2v) is 6.60. The van der Waals surface area contributed by atoms with Crippen LogP contribution in [0.3, 0.4) is 0 Å². The maximum atomic E-state index is 10.00. The number of nitrogens with one attached hydrogen (secondary N) is 1. The Morgan fingerprint density at radius 1 is 1.33 bits per heavy atom. The van der Waals surface area contributed by atoms with Crippen molar-refractivity contribution in [2.24, 2.45) is 5.92 Å². The van der Waals surface area contributed by atoms with E-state index in [2.05, 4.69) is 36.2 Å². The molecule has 0 saturated carbocycles. The largest absolute Gasteiger partial charge is 0.394 e. The van der Waals surface area contributed by atoms with E-state index in [0.717, 1.165) is 13.0 Å². The molecule has 1 heterocycles. The molecule has 1 aliphatic rings. The summed E-state index contributed by atoms with van der Waals surface area (Å²) < 4.78 is 0. The third kappa shape index (κ3) is 3.65. The molecule has 0 aliphatic carbocycles. The van der Waals surface area contributed by atoms with Gasteiger partial charge < -0.3 is 15.3 Å². The van der Waals surface area contributed by atoms with E-state index < -0.39 is 0 Å². The molecule has 1 fully saturated rings. The van der Waals surface area contributed by atoms with E-state index >= 15 is 0 Å². The summed E-state index contributed by atoms with van der Waals surface area (Å²) in [5, 5.41) is 13.4. The Morgan fingerprint density at radius 2 is 2.05 bits per heavy atom. The zero-order chi connectivity index (χ0) is 15.3. The summed E-state index contributed by atoms with van der Waals surface area (Å²) >= 11 is 0. The molecule has 0 spiro atoms. The number of hydrogen-bond donors (Lipinski definition) is 2. The van der Waals surface area contributed by atoms with Crippen LogP contribution in [-0.4, -0.2) is 42.8 Å². The maximum absolute atomic E-state index is 10.00. The van der Waals surface area contributed by atoms with Crippen LogP contribution in [0.25, 0.3) is 0 Å². The minimum absolute atomic E-state index is 0.133. The van der Waals surface area contributed by atoms with E-state index in [-0.39, 0.29) is 12.1 Å². The average Bonchev–Trinajstić information content (AvgIpc) is 2.99. The quantitative estimate of drug-likeness (QED) is 0.810. The van der Waals surface area contributed by atoms with Crippen molar-refractivity contribution < 1.29 is 5.11 Å². The first-order valence-corrected chi connectivity index (χ1v) is 8.22. The van der Waals surface area contributed by atoms with Crippen molar-refractivity contribution in [2.45, 2.75) is 44.7 Å². The summed E-state index contributed by atoms with van der Waals surface area (Å²) in [6, 6.07) is 11.0. The third-order valence-corrected chi connectivity index (χ3v) is 5.08. The highest BCUT2D eigenvalue weighted by atomic mass is 16.3. The lowest BCUT2D eigenvalue weighted by atomic mass is 9.87. The molecule has 1 aromatic carbocycles. The molecule has 0 aromatic heterocycles. The van der Waals surface area contributed by atoms with Gasteiger partial charge in [0.25, 0.3) is 0 Å². The molecule has 118 valence electrons. The second-order valence-electron chi connectivity index (χ2n) is 6.60. The van der Waals surface area contributed by atoms with Crippen molar-refractivity contribution in [3.05, 3.63) is 35.9 Å². The SMILES string of the molecule is CNC(CO)(CCN1CCCC1C(C)C)c1ccccc1. The number of aliphatic hydroxyl groups is 1. The lowest BCUT2D eigenvalue weighted by Crippen LogP contribution is -2.47. The molecular weight excluding hydrogens is 260 g/mol. The first-order chi connectivity index (χ1) is 10.1. The molecule has 3 nitrogen and oxygen atoms in total. The number of nitrogens with zero attached hydrogens (tertiary/aromatic N) is 1. The van der Waals surface area contributed by atoms with Crippen LogP contribution in [0.2, 0.25) is 0 Å². The summed E-state index contributed by atoms with van der Waals surface area (Å²) in [5.41, 5.74) is 0.848. The number of likely N-dealkylation sites (tertiary alicyclic amines) is 1. The Bertz CT molecular complexity index is 414. The van der Waals surface area contributed by atoms with Gasteiger partial charge in [0.05, 0.1) is 12.1 Å². The molecule has 1 aliphatic heterocycles. The minimum atomic E-state index is -0.328. The van der Waals surface area contributed by atoms with Gasteiger partial charge in [-0.05, 0) is 44.3 Å². The third-order valence-electron chi connectivity index (χ3n) is 5.08. The van der Waals surface area contributed by atoms with E-state index in [4.69, 9.17) is 0 Å². The maximum Gasteiger partial charge on any atom is 0.0678 e. The van der Waals surface area contributed by atoms with Gasteiger partial charge in [-0.15, -0.1) is 0 Å². The zero-order valence-electron chi connectivity index (χ0n) is 13.7. The van der Waals surface area contributed by atoms with Crippen LogP contribution in [0.4, 0.5) is 0 Å². The Balaban J connectivity index is 2.07. The average molecular weight is 290 g/mol. The number of hydrogen-bond acceptors (Lipinski definition) is 3. The molecular formula is C18H30N2O. The molecule has 1 saturated heterocycles. The summed E-state index contributed by atoms with van der Waals surface area (Å²) in [6.45, 7) is 7.00. The van der Waals surface area contributed by atoms with Gasteiger partial charge in [-0.2, -0.15) is 0 Å². The Morgan fingerprint density at radius 3 is 2.62 bits per heavy atom. The summed E-state index contributed by atoms with van der Waals surface area (Å²) in [4.78, 5) is 2.61. The number of rotatable bonds is 7. The van der Waals surface area contributed by atoms with Gasteiger partial charge in [0.1, 0.15) is 0 Å². The van der Waals surface area contributed by atoms with Crippen molar-refractivity contribution in [1.82, 2.24) is 10.2 Å². The highest BCUT2D eigenvalue weighted by Gasteiger charge is 2.33. The molecule has 2 N–H and O–H groups in total. The van der Waals surface area contributed by atoms with E-state index in [1.165, 1.54) is 24.9 Å². The Kier molecular flexibility index (Phi) is 5.80. The van der Waals surface area contributed by atoms with Crippen molar-refractivity contribution in [3.63, 3.8) is 0 Å². The summed E-state index contributed by atoms with van der Waals surface area (Å²) in [6.07, 6.45) is 3.56. The minimum Gasteiger partial charge on any atom is -0.394 e. The number of benzene rings is 1. The number of likely N-dealkylation sites (N-methyl/N-ethyl adjacent to an activating group) is 1. The van der Waals surface area contributed by atoms with Gasteiger partial charge in [-0.1, -0.05) is 44.2 Å². The highest BCUT2D eigenvalue weighted by molar-refractivity contribution is 5.24. The standard InChI is InChI=1S/C18H30N2O/c1-15(2)17-10-7-12-20(17)13-11-18(14-21,19-3)16-8-5-4-6-9-16/h4-6,8-9,15,17,19,21H,7,10-14H2,1-3H3. The van der Waals surface area contributed by atoms with Crippen LogP contribution in [0.1, 0.15) is 38.7 Å². The van der Waals surface area contributed by atoms with Crippen LogP contribution in [-0.2, 0) is 5.54 Å².